The summed E-state index contributed by atoms with van der Waals surface area (Å²) in [6.45, 7) is 36.5. The maximum absolute atomic E-state index is 13.3. The van der Waals surface area contributed by atoms with Crippen LogP contribution in [0.1, 0.15) is 196 Å². The Hall–Kier alpha value is -9.74. The van der Waals surface area contributed by atoms with Gasteiger partial charge in [-0.2, -0.15) is 0 Å². The fourth-order valence-electron chi connectivity index (χ4n) is 14.7. The topological polar surface area (TPSA) is 303 Å². The number of rotatable bonds is 27. The molecule has 21 nitrogen and oxygen atoms in total. The molecule has 2 unspecified atom stereocenters. The SMILES string of the molecule is C=CC1=C(C)c2cc3[n-]c(cc4nc(cc5[n-]c(cc1n2)c(C)c5C=C)C(C)=C4CCC(=O)O)c(CCC(=O)CCCN1C(=O)CC(SCC)C1=O)c3C.C=CC1=C(C)c2cc3[n-]c(cc4nc(cc5[n-]c(cc1n2)c(C)c5CCC(=O)NCCN1C(=O)CC(SCC)C1=O)C(CCC(=O)O)=C4C)c(C)c3C=C.[CH3-].[CH3-].[Fe+3].[Fe+3]. The van der Waals surface area contributed by atoms with E-state index in [1.807, 2.05) is 118 Å². The number of carboxylic acid groups (broad SMARTS) is 2. The molecule has 6 aliphatic rings. The van der Waals surface area contributed by atoms with Crippen molar-refractivity contribution in [3.05, 3.63) is 192 Å². The number of allylic oxidation sites excluding steroid dienone is 10. The van der Waals surface area contributed by atoms with Crippen molar-refractivity contribution in [3.63, 3.8) is 0 Å². The minimum Gasteiger partial charge on any atom is -0.657 e. The molecule has 5 amide bonds. The molecule has 586 valence electrons. The van der Waals surface area contributed by atoms with E-state index in [0.29, 0.717) is 75.3 Å². The van der Waals surface area contributed by atoms with Crippen LogP contribution in [0.3, 0.4) is 0 Å². The third kappa shape index (κ3) is 19.0. The van der Waals surface area contributed by atoms with E-state index in [0.717, 1.165) is 134 Å². The number of ketones is 1. The van der Waals surface area contributed by atoms with E-state index in [2.05, 4.69) is 31.6 Å². The first-order valence-corrected chi connectivity index (χ1v) is 38.5. The van der Waals surface area contributed by atoms with Crippen LogP contribution in [0.4, 0.5) is 0 Å². The Kier molecular flexibility index (Phi) is 30.9. The molecule has 3 N–H and O–H groups in total. The number of hydrogen-bond acceptors (Lipinski definition) is 14. The van der Waals surface area contributed by atoms with Crippen molar-refractivity contribution in [2.45, 2.75) is 157 Å². The Labute approximate surface area is 684 Å². The second kappa shape index (κ2) is 38.7. The van der Waals surface area contributed by atoms with Gasteiger partial charge in [0.25, 0.3) is 0 Å². The number of carbonyl (C=O) groups is 8. The van der Waals surface area contributed by atoms with Crippen molar-refractivity contribution in [2.75, 3.05) is 31.1 Å². The first kappa shape index (κ1) is 89.5. The zero-order chi connectivity index (χ0) is 77.7. The summed E-state index contributed by atoms with van der Waals surface area (Å²) in [6, 6.07) is 15.4. The Morgan fingerprint density at radius 1 is 0.464 bits per heavy atom. The molecule has 16 bridgehead atoms. The number of fused-ring (bicyclic) bond motifs is 16. The van der Waals surface area contributed by atoms with Gasteiger partial charge in [0.05, 0.1) is 56.1 Å². The molecule has 2 fully saturated rings. The number of carboxylic acids is 2. The number of amides is 5. The summed E-state index contributed by atoms with van der Waals surface area (Å²) < 4.78 is 0. The summed E-state index contributed by atoms with van der Waals surface area (Å²) in [6.07, 6.45) is 9.83. The minimum absolute atomic E-state index is 0. The van der Waals surface area contributed by atoms with Crippen molar-refractivity contribution >= 4 is 172 Å². The number of thioether (sulfide) groups is 2. The predicted molar refractivity (Wildman–Crippen MR) is 444 cm³/mol. The summed E-state index contributed by atoms with van der Waals surface area (Å²) in [5.41, 5.74) is 25.3. The number of nitrogens with zero attached hydrogens (tertiary/aromatic N) is 10. The van der Waals surface area contributed by atoms with Crippen LogP contribution >= 0.6 is 23.5 Å². The van der Waals surface area contributed by atoms with E-state index in [-0.39, 0.29) is 172 Å². The van der Waals surface area contributed by atoms with E-state index in [9.17, 15) is 48.6 Å². The van der Waals surface area contributed by atoms with E-state index in [4.69, 9.17) is 39.9 Å². The zero-order valence-corrected chi connectivity index (χ0v) is 69.4. The van der Waals surface area contributed by atoms with Crippen molar-refractivity contribution in [1.29, 1.82) is 0 Å². The molecular formula is C87H95Fe2N11O10S2. The molecule has 12 rings (SSSR count). The molecule has 2 radical (unpaired) electrons. The second-order valence-corrected chi connectivity index (χ2v) is 30.4. The summed E-state index contributed by atoms with van der Waals surface area (Å²) >= 11 is 2.94. The van der Waals surface area contributed by atoms with Gasteiger partial charge in [-0.1, -0.05) is 146 Å². The molecule has 6 aromatic heterocycles. The third-order valence-corrected chi connectivity index (χ3v) is 23.0. The Balaban J connectivity index is 0.000000300. The molecule has 0 aromatic carbocycles. The second-order valence-electron chi connectivity index (χ2n) is 27.4. The van der Waals surface area contributed by atoms with Gasteiger partial charge in [0, 0.05) is 75.7 Å². The van der Waals surface area contributed by atoms with Crippen LogP contribution in [0.25, 0.3) is 101 Å². The molecule has 112 heavy (non-hydrogen) atoms. The summed E-state index contributed by atoms with van der Waals surface area (Å²) in [5.74, 6) is -1.23. The molecule has 2 atom stereocenters. The first-order chi connectivity index (χ1) is 51.7. The maximum Gasteiger partial charge on any atom is 3.00 e. The van der Waals surface area contributed by atoms with Crippen LogP contribution in [0.2, 0.25) is 0 Å². The van der Waals surface area contributed by atoms with Crippen molar-refractivity contribution < 1.29 is 82.7 Å². The van der Waals surface area contributed by atoms with Gasteiger partial charge in [0.2, 0.25) is 29.5 Å². The summed E-state index contributed by atoms with van der Waals surface area (Å²) in [5, 5.41) is 21.4. The van der Waals surface area contributed by atoms with Gasteiger partial charge in [-0.15, -0.1) is 67.7 Å². The number of aromatic nitrogens is 8. The monoisotopic (exact) mass is 1630 g/mol. The average Bonchev–Trinajstić information content (AvgIpc) is 1.62. The number of nitrogens with one attached hydrogen (secondary N) is 1. The number of carbonyl (C=O) groups excluding carboxylic acids is 6. The first-order valence-electron chi connectivity index (χ1n) is 36.4. The third-order valence-electron chi connectivity index (χ3n) is 20.8. The number of imide groups is 2. The van der Waals surface area contributed by atoms with Gasteiger partial charge < -0.3 is 50.3 Å². The Morgan fingerprint density at radius 3 is 1.22 bits per heavy atom. The quantitative estimate of drug-likeness (QED) is 0.0245. The van der Waals surface area contributed by atoms with Crippen LogP contribution in [-0.4, -0.2) is 129 Å². The van der Waals surface area contributed by atoms with Crippen LogP contribution in [0, 0.1) is 42.5 Å². The van der Waals surface area contributed by atoms with Gasteiger partial charge in [0.1, 0.15) is 5.78 Å². The van der Waals surface area contributed by atoms with Crippen molar-refractivity contribution in [2.24, 2.45) is 0 Å². The van der Waals surface area contributed by atoms with Crippen molar-refractivity contribution in [3.8, 4) is 0 Å². The Morgan fingerprint density at radius 2 is 0.821 bits per heavy atom. The number of likely N-dealkylation sites (tertiary alicyclic amines) is 2. The van der Waals surface area contributed by atoms with E-state index >= 15 is 0 Å². The van der Waals surface area contributed by atoms with E-state index in [1.54, 1.807) is 24.3 Å². The van der Waals surface area contributed by atoms with Crippen LogP contribution in [0.5, 0.6) is 0 Å². The van der Waals surface area contributed by atoms with Gasteiger partial charge in [-0.3, -0.25) is 48.2 Å². The molecular weight excluding hydrogens is 1530 g/mol. The molecule has 25 heteroatoms. The van der Waals surface area contributed by atoms with E-state index < -0.39 is 11.9 Å². The number of Topliss-reactive ketones (excluding diaryl/α,β-unsaturated/α-hetero) is 1. The smallest absolute Gasteiger partial charge is 0.657 e. The van der Waals surface area contributed by atoms with Crippen LogP contribution in [-0.2, 0) is 85.3 Å². The normalized spacial score (nSPS) is 15.2. The van der Waals surface area contributed by atoms with Gasteiger partial charge in [-0.05, 0) is 144 Å². The average molecular weight is 1630 g/mol. The number of aliphatic carboxylic acids is 2. The number of aryl methyl sites for hydroxylation is 6. The molecule has 12 heterocycles. The fraction of sp³-hybridized carbons (Fsp3) is 0.333. The molecule has 0 aliphatic carbocycles. The van der Waals surface area contributed by atoms with Gasteiger partial charge in [-0.25, -0.2) is 19.9 Å². The Bertz CT molecular complexity index is 5360. The number of hydrogen-bond donors (Lipinski definition) is 3. The van der Waals surface area contributed by atoms with Crippen LogP contribution in [0.15, 0.2) is 87.0 Å². The molecule has 6 aromatic rings. The van der Waals surface area contributed by atoms with Crippen molar-refractivity contribution in [1.82, 2.24) is 55.0 Å². The predicted octanol–water partition coefficient (Wildman–Crippen LogP) is 15.5. The maximum atomic E-state index is 13.3. The zero-order valence-electron chi connectivity index (χ0n) is 65.6. The molecule has 0 saturated carbocycles. The minimum atomic E-state index is -0.909. The standard InChI is InChI=1S/C43H46N5O5S.C42H46N6O5S.2CH3.2Fe/c1-8-28-23(4)32-18-33-25(6)30(14-13-27(49)12-11-17-48-41(50)22-40(43(48)53)54-10-3)38(46-33)21-39-31(15-16-42(51)52)26(7)35(47-39)20-37-29(9-2)24(5)34(45-37)19-36(28)44-32;1-8-26-22(4)30-17-31-25(7)29(12-14-41(51)52)37(46-31)20-36-28(11-13-39(49)43-15-16-48-40(50)21-38(42(48)53)54-10-3)24(6)33(47-36)19-35-27(9-2)23(5)32(45-35)18-34(26)44-30;;;;/h8-9,18-21,40H,1-2,10-17,22H2,3-7H3,(H2-,44,45,46,47,51,52);8-9,17-20,38H,1-2,10-16,21H2,3-7H3,(H4,43,44,45,46,47,49,51,52);2*1H3;;/q-1;;2*-1;2*+3/p-3. The van der Waals surface area contributed by atoms with E-state index in [1.165, 1.54) is 33.3 Å². The molecule has 2 saturated heterocycles. The molecule has 6 aliphatic heterocycles. The fourth-order valence-corrected chi connectivity index (χ4v) is 16.5. The summed E-state index contributed by atoms with van der Waals surface area (Å²) in [7, 11) is 0. The van der Waals surface area contributed by atoms with Crippen LogP contribution < -0.4 is 25.3 Å². The summed E-state index contributed by atoms with van der Waals surface area (Å²) in [4.78, 5) is 143. The van der Waals surface area contributed by atoms with Gasteiger partial charge in [0.15, 0.2) is 0 Å². The van der Waals surface area contributed by atoms with Gasteiger partial charge >= 0.3 is 46.1 Å². The largest absolute Gasteiger partial charge is 3.00 e. The molecule has 0 spiro atoms.